The molecular formula is C8H7Br2F3N4. The molecule has 0 atom stereocenters. The SMILES string of the molecule is Brc1ccn[nH]1.FC(F)(F)Cn1ccc(Br)n1. The molecule has 0 aliphatic rings. The summed E-state index contributed by atoms with van der Waals surface area (Å²) >= 11 is 6.10. The van der Waals surface area contributed by atoms with Crippen molar-refractivity contribution < 1.29 is 13.2 Å². The highest BCUT2D eigenvalue weighted by molar-refractivity contribution is 9.10. The van der Waals surface area contributed by atoms with Gasteiger partial charge in [-0.25, -0.2) is 0 Å². The van der Waals surface area contributed by atoms with Crippen molar-refractivity contribution in [2.45, 2.75) is 12.7 Å². The molecule has 2 heterocycles. The van der Waals surface area contributed by atoms with Gasteiger partial charge in [0.2, 0.25) is 0 Å². The lowest BCUT2D eigenvalue weighted by Crippen LogP contribution is -2.17. The Morgan fingerprint density at radius 2 is 2.00 bits per heavy atom. The molecule has 0 fully saturated rings. The van der Waals surface area contributed by atoms with Crippen molar-refractivity contribution in [1.29, 1.82) is 0 Å². The third kappa shape index (κ3) is 6.47. The maximum absolute atomic E-state index is 11.7. The van der Waals surface area contributed by atoms with Gasteiger partial charge < -0.3 is 0 Å². The molecule has 0 aromatic carbocycles. The first-order valence-electron chi connectivity index (χ1n) is 4.27. The molecule has 2 aromatic rings. The molecule has 94 valence electrons. The molecule has 0 spiro atoms. The number of nitrogens with zero attached hydrogens (tertiary/aromatic N) is 3. The van der Waals surface area contributed by atoms with Crippen LogP contribution in [-0.2, 0) is 6.54 Å². The summed E-state index contributed by atoms with van der Waals surface area (Å²) in [5, 5.41) is 9.83. The van der Waals surface area contributed by atoms with Gasteiger partial charge in [0.1, 0.15) is 15.8 Å². The van der Waals surface area contributed by atoms with Crippen molar-refractivity contribution in [2.75, 3.05) is 0 Å². The average Bonchev–Trinajstić information content (AvgIpc) is 2.76. The standard InChI is InChI=1S/C5H4BrF3N2.C3H3BrN2/c6-4-1-2-11(10-4)3-5(7,8)9;4-3-1-2-5-6-3/h1-2H,3H2;1-2H,(H,5,6). The molecule has 17 heavy (non-hydrogen) atoms. The minimum absolute atomic E-state index is 0.404. The lowest BCUT2D eigenvalue weighted by molar-refractivity contribution is -0.142. The van der Waals surface area contributed by atoms with Crippen LogP contribution in [-0.4, -0.2) is 26.2 Å². The van der Waals surface area contributed by atoms with Gasteiger partial charge in [0.25, 0.3) is 0 Å². The predicted octanol–water partition coefficient (Wildman–Crippen LogP) is 3.38. The number of aromatic nitrogens is 4. The Hall–Kier alpha value is -0.830. The molecule has 0 saturated heterocycles. The normalized spacial score (nSPS) is 10.9. The number of rotatable bonds is 1. The molecule has 0 aliphatic heterocycles. The van der Waals surface area contributed by atoms with Gasteiger partial charge in [-0.1, -0.05) is 0 Å². The average molecular weight is 376 g/mol. The van der Waals surface area contributed by atoms with Crippen LogP contribution in [0.4, 0.5) is 13.2 Å². The number of hydrogen-bond acceptors (Lipinski definition) is 2. The van der Waals surface area contributed by atoms with E-state index in [4.69, 9.17) is 0 Å². The third-order valence-corrected chi connectivity index (χ3v) is 2.28. The summed E-state index contributed by atoms with van der Waals surface area (Å²) < 4.78 is 37.2. The second-order valence-electron chi connectivity index (χ2n) is 2.86. The molecule has 9 heteroatoms. The first-order valence-corrected chi connectivity index (χ1v) is 5.86. The molecule has 2 aromatic heterocycles. The van der Waals surface area contributed by atoms with Crippen LogP contribution in [0.5, 0.6) is 0 Å². The summed E-state index contributed by atoms with van der Waals surface area (Å²) in [7, 11) is 0. The van der Waals surface area contributed by atoms with E-state index in [9.17, 15) is 13.2 Å². The van der Waals surface area contributed by atoms with Crippen LogP contribution in [0.3, 0.4) is 0 Å². The Bertz CT molecular complexity index is 438. The fourth-order valence-electron chi connectivity index (χ4n) is 0.848. The fraction of sp³-hybridized carbons (Fsp3) is 0.250. The van der Waals surface area contributed by atoms with E-state index in [1.165, 1.54) is 12.3 Å². The summed E-state index contributed by atoms with van der Waals surface area (Å²) in [6.45, 7) is -1.04. The minimum atomic E-state index is -4.20. The van der Waals surface area contributed by atoms with E-state index >= 15 is 0 Å². The molecule has 0 bridgehead atoms. The van der Waals surface area contributed by atoms with Crippen LogP contribution >= 0.6 is 31.9 Å². The van der Waals surface area contributed by atoms with Gasteiger partial charge in [0.15, 0.2) is 0 Å². The second kappa shape index (κ2) is 6.20. The van der Waals surface area contributed by atoms with E-state index in [1.807, 2.05) is 6.07 Å². The van der Waals surface area contributed by atoms with E-state index < -0.39 is 12.7 Å². The summed E-state index contributed by atoms with van der Waals surface area (Å²) in [6.07, 6.45) is -1.26. The molecule has 4 nitrogen and oxygen atoms in total. The number of hydrogen-bond donors (Lipinski definition) is 1. The molecule has 0 unspecified atom stereocenters. The quantitative estimate of drug-likeness (QED) is 0.830. The van der Waals surface area contributed by atoms with Gasteiger partial charge in [-0.15, -0.1) is 0 Å². The van der Waals surface area contributed by atoms with Crippen molar-refractivity contribution in [3.8, 4) is 0 Å². The Kier molecular flexibility index (Phi) is 5.19. The lowest BCUT2D eigenvalue weighted by atomic mass is 10.6. The first-order chi connectivity index (χ1) is 7.87. The molecule has 0 saturated carbocycles. The van der Waals surface area contributed by atoms with Crippen LogP contribution in [0.15, 0.2) is 33.7 Å². The predicted molar refractivity (Wildman–Crippen MR) is 62.3 cm³/mol. The maximum atomic E-state index is 11.7. The monoisotopic (exact) mass is 374 g/mol. The van der Waals surface area contributed by atoms with Crippen LogP contribution in [0.1, 0.15) is 0 Å². The number of aromatic amines is 1. The number of halogens is 5. The minimum Gasteiger partial charge on any atom is -0.271 e. The molecule has 2 rings (SSSR count). The van der Waals surface area contributed by atoms with E-state index in [-0.39, 0.29) is 0 Å². The zero-order valence-corrected chi connectivity index (χ0v) is 11.4. The first kappa shape index (κ1) is 14.2. The highest BCUT2D eigenvalue weighted by Crippen LogP contribution is 2.17. The fourth-order valence-corrected chi connectivity index (χ4v) is 1.39. The molecular weight excluding hydrogens is 369 g/mol. The lowest BCUT2D eigenvalue weighted by Gasteiger charge is -2.04. The highest BCUT2D eigenvalue weighted by atomic mass is 79.9. The molecule has 0 radical (unpaired) electrons. The summed E-state index contributed by atoms with van der Waals surface area (Å²) in [6, 6.07) is 3.28. The molecule has 0 amide bonds. The van der Waals surface area contributed by atoms with Crippen LogP contribution < -0.4 is 0 Å². The van der Waals surface area contributed by atoms with Crippen LogP contribution in [0.2, 0.25) is 0 Å². The Balaban J connectivity index is 0.000000202. The van der Waals surface area contributed by atoms with Gasteiger partial charge >= 0.3 is 6.18 Å². The number of alkyl halides is 3. The zero-order valence-electron chi connectivity index (χ0n) is 8.25. The van der Waals surface area contributed by atoms with Crippen molar-refractivity contribution in [2.24, 2.45) is 0 Å². The van der Waals surface area contributed by atoms with Gasteiger partial charge in [-0.2, -0.15) is 23.4 Å². The summed E-state index contributed by atoms with van der Waals surface area (Å²) in [5.74, 6) is 0. The van der Waals surface area contributed by atoms with E-state index in [2.05, 4.69) is 47.2 Å². The largest absolute Gasteiger partial charge is 0.408 e. The summed E-state index contributed by atoms with van der Waals surface area (Å²) in [5.41, 5.74) is 0. The highest BCUT2D eigenvalue weighted by Gasteiger charge is 2.28. The molecule has 0 aliphatic carbocycles. The topological polar surface area (TPSA) is 46.5 Å². The van der Waals surface area contributed by atoms with Crippen molar-refractivity contribution in [1.82, 2.24) is 20.0 Å². The van der Waals surface area contributed by atoms with Crippen molar-refractivity contribution in [3.63, 3.8) is 0 Å². The Morgan fingerprint density at radius 1 is 1.29 bits per heavy atom. The van der Waals surface area contributed by atoms with E-state index in [1.54, 1.807) is 6.20 Å². The van der Waals surface area contributed by atoms with Gasteiger partial charge in [0.05, 0.1) is 0 Å². The van der Waals surface area contributed by atoms with E-state index in [0.29, 0.717) is 4.60 Å². The second-order valence-corrected chi connectivity index (χ2v) is 4.52. The Morgan fingerprint density at radius 3 is 2.29 bits per heavy atom. The van der Waals surface area contributed by atoms with Crippen molar-refractivity contribution >= 4 is 31.9 Å². The smallest absolute Gasteiger partial charge is 0.271 e. The van der Waals surface area contributed by atoms with Crippen LogP contribution in [0, 0.1) is 0 Å². The van der Waals surface area contributed by atoms with Crippen molar-refractivity contribution in [3.05, 3.63) is 33.7 Å². The van der Waals surface area contributed by atoms with Gasteiger partial charge in [0, 0.05) is 12.4 Å². The summed E-state index contributed by atoms with van der Waals surface area (Å²) in [4.78, 5) is 0. The number of H-pyrrole nitrogens is 1. The van der Waals surface area contributed by atoms with E-state index in [0.717, 1.165) is 9.28 Å². The van der Waals surface area contributed by atoms with Gasteiger partial charge in [-0.05, 0) is 44.0 Å². The Labute approximate surface area is 111 Å². The number of nitrogens with one attached hydrogen (secondary N) is 1. The third-order valence-electron chi connectivity index (χ3n) is 1.42. The molecule has 1 N–H and O–H groups in total. The van der Waals surface area contributed by atoms with Crippen LogP contribution in [0.25, 0.3) is 0 Å². The maximum Gasteiger partial charge on any atom is 0.408 e. The van der Waals surface area contributed by atoms with Gasteiger partial charge in [-0.3, -0.25) is 9.78 Å². The zero-order chi connectivity index (χ0) is 12.9.